The van der Waals surface area contributed by atoms with E-state index in [1.807, 2.05) is 30.7 Å². The fourth-order valence-electron chi connectivity index (χ4n) is 1.72. The van der Waals surface area contributed by atoms with Crippen LogP contribution in [-0.2, 0) is 13.5 Å². The van der Waals surface area contributed by atoms with E-state index in [1.54, 1.807) is 6.33 Å². The fraction of sp³-hybridized carbons (Fsp3) is 0.333. The van der Waals surface area contributed by atoms with E-state index in [0.29, 0.717) is 11.5 Å². The molecule has 3 N–H and O–H groups in total. The van der Waals surface area contributed by atoms with E-state index in [1.165, 1.54) is 0 Å². The van der Waals surface area contributed by atoms with E-state index in [2.05, 4.69) is 20.5 Å². The zero-order chi connectivity index (χ0) is 13.8. The molecule has 2 aromatic rings. The molecule has 19 heavy (non-hydrogen) atoms. The van der Waals surface area contributed by atoms with Crippen molar-refractivity contribution in [3.05, 3.63) is 35.5 Å². The highest BCUT2D eigenvalue weighted by Crippen LogP contribution is 2.13. The van der Waals surface area contributed by atoms with Crippen molar-refractivity contribution >= 4 is 23.0 Å². The minimum Gasteiger partial charge on any atom is -0.389 e. The van der Waals surface area contributed by atoms with E-state index in [-0.39, 0.29) is 0 Å². The predicted octanol–water partition coefficient (Wildman–Crippen LogP) is 0.807. The molecule has 0 amide bonds. The zero-order valence-corrected chi connectivity index (χ0v) is 11.7. The summed E-state index contributed by atoms with van der Waals surface area (Å²) >= 11 is 5.02. The summed E-state index contributed by atoms with van der Waals surface area (Å²) in [7, 11) is 1.92. The second-order valence-electron chi connectivity index (χ2n) is 4.25. The van der Waals surface area contributed by atoms with Crippen LogP contribution in [-0.4, -0.2) is 31.3 Å². The third-order valence-electron chi connectivity index (χ3n) is 2.75. The molecular weight excluding hydrogens is 260 g/mol. The lowest BCUT2D eigenvalue weighted by atomic mass is 10.2. The molecule has 0 aliphatic heterocycles. The van der Waals surface area contributed by atoms with Gasteiger partial charge in [0.05, 0.1) is 5.56 Å². The highest BCUT2D eigenvalue weighted by Gasteiger charge is 2.07. The van der Waals surface area contributed by atoms with Crippen LogP contribution in [0.4, 0.5) is 5.82 Å². The summed E-state index contributed by atoms with van der Waals surface area (Å²) < 4.78 is 1.89. The number of pyridine rings is 1. The highest BCUT2D eigenvalue weighted by molar-refractivity contribution is 7.80. The summed E-state index contributed by atoms with van der Waals surface area (Å²) in [4.78, 5) is 4.76. The predicted molar refractivity (Wildman–Crippen MR) is 78.1 cm³/mol. The largest absolute Gasteiger partial charge is 0.389 e. The molecule has 2 rings (SSSR count). The topological polar surface area (TPSA) is 81.6 Å². The first-order valence-corrected chi connectivity index (χ1v) is 6.33. The quantitative estimate of drug-likeness (QED) is 0.786. The van der Waals surface area contributed by atoms with Crippen molar-refractivity contribution in [3.63, 3.8) is 0 Å². The average Bonchev–Trinajstić information content (AvgIpc) is 2.75. The standard InChI is InChI=1S/C12H16N6S/c1-8-3-4-9(11(13)19)12(16-8)14-6-5-10-17-15-7-18(10)2/h3-4,7H,5-6H2,1-2H3,(H2,13,19)(H,14,16). The molecule has 0 saturated heterocycles. The first kappa shape index (κ1) is 13.4. The number of aromatic nitrogens is 4. The Kier molecular flexibility index (Phi) is 4.06. The summed E-state index contributed by atoms with van der Waals surface area (Å²) in [6.45, 7) is 2.62. The van der Waals surface area contributed by atoms with Crippen molar-refractivity contribution < 1.29 is 0 Å². The van der Waals surface area contributed by atoms with Crippen molar-refractivity contribution in [3.8, 4) is 0 Å². The first-order chi connectivity index (χ1) is 9.08. The molecule has 0 unspecified atom stereocenters. The maximum atomic E-state index is 5.68. The Balaban J connectivity index is 2.05. The van der Waals surface area contributed by atoms with Gasteiger partial charge in [-0.25, -0.2) is 4.98 Å². The number of thiocarbonyl (C=S) groups is 1. The van der Waals surface area contributed by atoms with Gasteiger partial charge in [0.2, 0.25) is 0 Å². The smallest absolute Gasteiger partial charge is 0.136 e. The normalized spacial score (nSPS) is 10.4. The van der Waals surface area contributed by atoms with E-state index in [9.17, 15) is 0 Å². The number of nitrogens with one attached hydrogen (secondary N) is 1. The molecule has 0 aromatic carbocycles. The molecular formula is C12H16N6S. The van der Waals surface area contributed by atoms with E-state index in [4.69, 9.17) is 18.0 Å². The minimum atomic E-state index is 0.341. The van der Waals surface area contributed by atoms with Crippen LogP contribution in [0.3, 0.4) is 0 Å². The summed E-state index contributed by atoms with van der Waals surface area (Å²) in [5, 5.41) is 11.1. The van der Waals surface area contributed by atoms with Crippen molar-refractivity contribution in [1.29, 1.82) is 0 Å². The van der Waals surface area contributed by atoms with Gasteiger partial charge >= 0.3 is 0 Å². The molecule has 0 bridgehead atoms. The van der Waals surface area contributed by atoms with Gasteiger partial charge in [0.25, 0.3) is 0 Å². The average molecular weight is 276 g/mol. The van der Waals surface area contributed by atoms with Crippen LogP contribution in [0.5, 0.6) is 0 Å². The van der Waals surface area contributed by atoms with Gasteiger partial charge in [0.1, 0.15) is 23.0 Å². The van der Waals surface area contributed by atoms with Crippen LogP contribution < -0.4 is 11.1 Å². The first-order valence-electron chi connectivity index (χ1n) is 5.92. The molecule has 0 atom stereocenters. The van der Waals surface area contributed by atoms with Crippen molar-refractivity contribution in [2.45, 2.75) is 13.3 Å². The molecule has 100 valence electrons. The molecule has 6 nitrogen and oxygen atoms in total. The number of hydrogen-bond acceptors (Lipinski definition) is 5. The van der Waals surface area contributed by atoms with Crippen LogP contribution in [0, 0.1) is 6.92 Å². The maximum Gasteiger partial charge on any atom is 0.136 e. The zero-order valence-electron chi connectivity index (χ0n) is 10.9. The lowest BCUT2D eigenvalue weighted by Crippen LogP contribution is -2.16. The molecule has 2 aromatic heterocycles. The SMILES string of the molecule is Cc1ccc(C(N)=S)c(NCCc2nncn2C)n1. The van der Waals surface area contributed by atoms with Gasteiger partial charge < -0.3 is 15.6 Å². The van der Waals surface area contributed by atoms with Crippen LogP contribution in [0.25, 0.3) is 0 Å². The molecule has 2 heterocycles. The summed E-state index contributed by atoms with van der Waals surface area (Å²) in [6, 6.07) is 3.78. The third kappa shape index (κ3) is 3.25. The number of hydrogen-bond donors (Lipinski definition) is 2. The van der Waals surface area contributed by atoms with Crippen LogP contribution in [0.2, 0.25) is 0 Å². The van der Waals surface area contributed by atoms with Crippen molar-refractivity contribution in [2.24, 2.45) is 12.8 Å². The van der Waals surface area contributed by atoms with Gasteiger partial charge in [-0.3, -0.25) is 0 Å². The molecule has 0 saturated carbocycles. The number of rotatable bonds is 5. The number of nitrogens with zero attached hydrogens (tertiary/aromatic N) is 4. The summed E-state index contributed by atoms with van der Waals surface area (Å²) in [5.41, 5.74) is 7.36. The molecule has 0 aliphatic rings. The highest BCUT2D eigenvalue weighted by atomic mass is 32.1. The van der Waals surface area contributed by atoms with E-state index in [0.717, 1.165) is 29.3 Å². The van der Waals surface area contributed by atoms with Crippen LogP contribution in [0.15, 0.2) is 18.5 Å². The maximum absolute atomic E-state index is 5.68. The lowest BCUT2D eigenvalue weighted by Gasteiger charge is -2.10. The van der Waals surface area contributed by atoms with Crippen LogP contribution >= 0.6 is 12.2 Å². The Morgan fingerprint density at radius 3 is 2.89 bits per heavy atom. The van der Waals surface area contributed by atoms with Gasteiger partial charge in [-0.1, -0.05) is 12.2 Å². The Hall–Kier alpha value is -2.02. The lowest BCUT2D eigenvalue weighted by molar-refractivity contribution is 0.787. The minimum absolute atomic E-state index is 0.341. The van der Waals surface area contributed by atoms with Gasteiger partial charge in [0.15, 0.2) is 0 Å². The Morgan fingerprint density at radius 1 is 1.47 bits per heavy atom. The number of anilines is 1. The van der Waals surface area contributed by atoms with Gasteiger partial charge in [0, 0.05) is 25.7 Å². The molecule has 7 heteroatoms. The van der Waals surface area contributed by atoms with Gasteiger partial charge in [-0.15, -0.1) is 10.2 Å². The van der Waals surface area contributed by atoms with E-state index >= 15 is 0 Å². The second-order valence-corrected chi connectivity index (χ2v) is 4.69. The van der Waals surface area contributed by atoms with Crippen molar-refractivity contribution in [1.82, 2.24) is 19.7 Å². The second kappa shape index (κ2) is 5.75. The molecule has 0 aliphatic carbocycles. The number of aryl methyl sites for hydroxylation is 2. The molecule has 0 radical (unpaired) electrons. The Morgan fingerprint density at radius 2 is 2.26 bits per heavy atom. The van der Waals surface area contributed by atoms with Crippen molar-refractivity contribution in [2.75, 3.05) is 11.9 Å². The van der Waals surface area contributed by atoms with E-state index < -0.39 is 0 Å². The number of nitrogens with two attached hydrogens (primary N) is 1. The van der Waals surface area contributed by atoms with Gasteiger partial charge in [-0.2, -0.15) is 0 Å². The van der Waals surface area contributed by atoms with Gasteiger partial charge in [-0.05, 0) is 19.1 Å². The Bertz CT molecular complexity index is 592. The van der Waals surface area contributed by atoms with Crippen LogP contribution in [0.1, 0.15) is 17.1 Å². The monoisotopic (exact) mass is 276 g/mol. The molecule has 0 fully saturated rings. The summed E-state index contributed by atoms with van der Waals surface area (Å²) in [6.07, 6.45) is 2.43. The third-order valence-corrected chi connectivity index (χ3v) is 2.97. The fourth-order valence-corrected chi connectivity index (χ4v) is 1.88. The molecule has 0 spiro atoms. The summed E-state index contributed by atoms with van der Waals surface area (Å²) in [5.74, 6) is 1.63. The Labute approximate surface area is 117 Å².